The molecule has 0 aromatic heterocycles. The second-order valence-corrected chi connectivity index (χ2v) is 9.25. The summed E-state index contributed by atoms with van der Waals surface area (Å²) in [6.07, 6.45) is 6.25. The predicted molar refractivity (Wildman–Crippen MR) is 140 cm³/mol. The van der Waals surface area contributed by atoms with E-state index in [1.54, 1.807) is 0 Å². The summed E-state index contributed by atoms with van der Waals surface area (Å²) in [7, 11) is 0. The van der Waals surface area contributed by atoms with Crippen molar-refractivity contribution in [3.8, 4) is 22.3 Å². The van der Waals surface area contributed by atoms with Crippen molar-refractivity contribution in [2.45, 2.75) is 38.1 Å². The van der Waals surface area contributed by atoms with Crippen LogP contribution in [0.25, 0.3) is 22.3 Å². The van der Waals surface area contributed by atoms with E-state index >= 15 is 0 Å². The third-order valence-electron chi connectivity index (χ3n) is 7.08. The molecule has 33 heavy (non-hydrogen) atoms. The van der Waals surface area contributed by atoms with Crippen molar-refractivity contribution in [2.75, 3.05) is 13.1 Å². The van der Waals surface area contributed by atoms with Crippen LogP contribution in [-0.4, -0.2) is 24.0 Å². The first-order valence-electron chi connectivity index (χ1n) is 12.4. The minimum atomic E-state index is 0.724. The van der Waals surface area contributed by atoms with Gasteiger partial charge in [-0.15, -0.1) is 0 Å². The molecule has 4 aromatic rings. The van der Waals surface area contributed by atoms with Gasteiger partial charge in [0.25, 0.3) is 0 Å². The Bertz CT molecular complexity index is 1020. The van der Waals surface area contributed by atoms with Crippen LogP contribution in [0.2, 0.25) is 0 Å². The Morgan fingerprint density at radius 1 is 0.545 bits per heavy atom. The summed E-state index contributed by atoms with van der Waals surface area (Å²) in [5.41, 5.74) is 8.09. The van der Waals surface area contributed by atoms with Crippen molar-refractivity contribution in [1.29, 1.82) is 0 Å². The summed E-state index contributed by atoms with van der Waals surface area (Å²) >= 11 is 0. The van der Waals surface area contributed by atoms with Gasteiger partial charge in [0.15, 0.2) is 0 Å². The molecule has 1 aliphatic rings. The number of hydrogen-bond acceptors (Lipinski definition) is 1. The Morgan fingerprint density at radius 3 is 1.58 bits per heavy atom. The van der Waals surface area contributed by atoms with Crippen LogP contribution in [0.1, 0.15) is 30.4 Å². The van der Waals surface area contributed by atoms with E-state index in [4.69, 9.17) is 0 Å². The number of nitrogens with zero attached hydrogens (tertiary/aromatic N) is 1. The molecule has 1 heterocycles. The van der Waals surface area contributed by atoms with Gasteiger partial charge in [-0.3, -0.25) is 0 Å². The maximum Gasteiger partial charge on any atom is 0.00990 e. The lowest BCUT2D eigenvalue weighted by Gasteiger charge is -2.24. The topological polar surface area (TPSA) is 3.24 Å². The second-order valence-electron chi connectivity index (χ2n) is 9.25. The molecular weight excluding hydrogens is 398 g/mol. The third kappa shape index (κ3) is 5.61. The highest BCUT2D eigenvalue weighted by atomic mass is 15.2. The fraction of sp³-hybridized carbons (Fsp3) is 0.250. The van der Waals surface area contributed by atoms with Gasteiger partial charge in [0, 0.05) is 12.6 Å². The summed E-state index contributed by atoms with van der Waals surface area (Å²) in [4.78, 5) is 2.73. The Labute approximate surface area is 198 Å². The first-order chi connectivity index (χ1) is 16.3. The Balaban J connectivity index is 1.12. The lowest BCUT2D eigenvalue weighted by Crippen LogP contribution is -2.31. The number of hydrogen-bond donors (Lipinski definition) is 0. The van der Waals surface area contributed by atoms with E-state index in [-0.39, 0.29) is 0 Å². The highest BCUT2D eigenvalue weighted by Crippen LogP contribution is 2.25. The van der Waals surface area contributed by atoms with Crippen molar-refractivity contribution in [3.05, 3.63) is 120 Å². The molecule has 166 valence electrons. The van der Waals surface area contributed by atoms with Crippen molar-refractivity contribution in [2.24, 2.45) is 0 Å². The molecule has 0 bridgehead atoms. The van der Waals surface area contributed by atoms with Crippen molar-refractivity contribution >= 4 is 0 Å². The molecule has 0 saturated carbocycles. The molecule has 0 amide bonds. The lowest BCUT2D eigenvalue weighted by molar-refractivity contribution is 0.246. The third-order valence-corrected chi connectivity index (χ3v) is 7.08. The van der Waals surface area contributed by atoms with E-state index in [1.807, 2.05) is 0 Å². The van der Waals surface area contributed by atoms with Crippen LogP contribution in [-0.2, 0) is 12.8 Å². The lowest BCUT2D eigenvalue weighted by atomic mass is 9.99. The summed E-state index contributed by atoms with van der Waals surface area (Å²) in [6.45, 7) is 2.42. The average Bonchev–Trinajstić information content (AvgIpc) is 3.35. The minimum absolute atomic E-state index is 0.724. The van der Waals surface area contributed by atoms with Crippen LogP contribution >= 0.6 is 0 Å². The molecule has 1 saturated heterocycles. The molecule has 0 spiro atoms. The molecule has 4 aromatic carbocycles. The van der Waals surface area contributed by atoms with Gasteiger partial charge in [-0.1, -0.05) is 109 Å². The Kier molecular flexibility index (Phi) is 6.99. The SMILES string of the molecule is c1ccc(-c2ccc(CCC3CCCN3CCc3ccc(-c4ccccc4)cc3)cc2)cc1. The fourth-order valence-electron chi connectivity index (χ4n) is 5.11. The van der Waals surface area contributed by atoms with E-state index in [2.05, 4.69) is 114 Å². The van der Waals surface area contributed by atoms with E-state index in [0.717, 1.165) is 12.5 Å². The monoisotopic (exact) mass is 431 g/mol. The van der Waals surface area contributed by atoms with E-state index < -0.39 is 0 Å². The maximum atomic E-state index is 2.73. The second kappa shape index (κ2) is 10.6. The zero-order valence-corrected chi connectivity index (χ0v) is 19.4. The predicted octanol–water partition coefficient (Wildman–Crippen LogP) is 7.66. The molecule has 1 unspecified atom stereocenters. The highest BCUT2D eigenvalue weighted by molar-refractivity contribution is 5.64. The van der Waals surface area contributed by atoms with E-state index in [9.17, 15) is 0 Å². The zero-order valence-electron chi connectivity index (χ0n) is 19.4. The van der Waals surface area contributed by atoms with Crippen LogP contribution < -0.4 is 0 Å². The normalized spacial score (nSPS) is 16.2. The van der Waals surface area contributed by atoms with Crippen LogP contribution in [0.15, 0.2) is 109 Å². The first-order valence-corrected chi connectivity index (χ1v) is 12.4. The number of rotatable bonds is 8. The number of benzene rings is 4. The molecule has 0 radical (unpaired) electrons. The van der Waals surface area contributed by atoms with Gasteiger partial charge >= 0.3 is 0 Å². The van der Waals surface area contributed by atoms with Gasteiger partial charge in [0.2, 0.25) is 0 Å². The first kappa shape index (κ1) is 21.7. The molecule has 0 aliphatic carbocycles. The van der Waals surface area contributed by atoms with E-state index in [0.29, 0.717) is 0 Å². The fourth-order valence-corrected chi connectivity index (χ4v) is 5.11. The zero-order chi connectivity index (χ0) is 22.3. The smallest absolute Gasteiger partial charge is 0.00990 e. The van der Waals surface area contributed by atoms with Crippen molar-refractivity contribution in [3.63, 3.8) is 0 Å². The summed E-state index contributed by atoms with van der Waals surface area (Å²) in [5.74, 6) is 0. The van der Waals surface area contributed by atoms with Gasteiger partial charge in [0.05, 0.1) is 0 Å². The largest absolute Gasteiger partial charge is 0.300 e. The summed E-state index contributed by atoms with van der Waals surface area (Å²) in [5, 5.41) is 0. The van der Waals surface area contributed by atoms with Crippen LogP contribution in [0, 0.1) is 0 Å². The van der Waals surface area contributed by atoms with Crippen LogP contribution in [0.3, 0.4) is 0 Å². The maximum absolute atomic E-state index is 2.73. The molecule has 1 atom stereocenters. The number of likely N-dealkylation sites (tertiary alicyclic amines) is 1. The molecular formula is C32H33N. The van der Waals surface area contributed by atoms with Gasteiger partial charge in [-0.05, 0) is 72.0 Å². The quantitative estimate of drug-likeness (QED) is 0.277. The minimum Gasteiger partial charge on any atom is -0.300 e. The summed E-state index contributed by atoms with van der Waals surface area (Å²) in [6, 6.07) is 40.3. The van der Waals surface area contributed by atoms with Crippen LogP contribution in [0.5, 0.6) is 0 Å². The van der Waals surface area contributed by atoms with Gasteiger partial charge in [-0.25, -0.2) is 0 Å². The molecule has 1 nitrogen and oxygen atoms in total. The molecule has 1 aliphatic heterocycles. The molecule has 0 N–H and O–H groups in total. The molecule has 1 fully saturated rings. The molecule has 5 rings (SSSR count). The average molecular weight is 432 g/mol. The van der Waals surface area contributed by atoms with Gasteiger partial charge in [-0.2, -0.15) is 0 Å². The van der Waals surface area contributed by atoms with Gasteiger partial charge < -0.3 is 4.90 Å². The van der Waals surface area contributed by atoms with Crippen LogP contribution in [0.4, 0.5) is 0 Å². The van der Waals surface area contributed by atoms with Crippen molar-refractivity contribution in [1.82, 2.24) is 4.90 Å². The number of aryl methyl sites for hydroxylation is 1. The molecule has 1 heteroatoms. The van der Waals surface area contributed by atoms with Gasteiger partial charge in [0.1, 0.15) is 0 Å². The Morgan fingerprint density at radius 2 is 1.03 bits per heavy atom. The van der Waals surface area contributed by atoms with E-state index in [1.165, 1.54) is 72.2 Å². The summed E-state index contributed by atoms with van der Waals surface area (Å²) < 4.78 is 0. The standard InChI is InChI=1S/C32H33N/c1-3-8-28(9-4-1)30-18-13-26(14-19-30)17-22-32-12-7-24-33(32)25-23-27-15-20-31(21-16-27)29-10-5-2-6-11-29/h1-6,8-11,13-16,18-21,32H,7,12,17,22-25H2. The van der Waals surface area contributed by atoms with Crippen molar-refractivity contribution < 1.29 is 0 Å². The Hall–Kier alpha value is -3.16. The highest BCUT2D eigenvalue weighted by Gasteiger charge is 2.23.